The van der Waals surface area contributed by atoms with Gasteiger partial charge in [-0.2, -0.15) is 0 Å². The second-order valence-electron chi connectivity index (χ2n) is 4.81. The molecule has 1 unspecified atom stereocenters. The molecule has 0 saturated carbocycles. The Kier molecular flexibility index (Phi) is 7.49. The van der Waals surface area contributed by atoms with Crippen molar-refractivity contribution in [3.8, 4) is 5.75 Å². The molecular formula is C14H23ClN2O2. The van der Waals surface area contributed by atoms with Gasteiger partial charge in [0.05, 0.1) is 13.2 Å². The van der Waals surface area contributed by atoms with Crippen LogP contribution in [0.5, 0.6) is 5.75 Å². The quantitative estimate of drug-likeness (QED) is 0.901. The number of hydrogen-bond donors (Lipinski definition) is 1. The Bertz CT molecular complexity index is 393. The fourth-order valence-electron chi connectivity index (χ4n) is 1.62. The van der Waals surface area contributed by atoms with Crippen LogP contribution in [-0.4, -0.2) is 31.0 Å². The van der Waals surface area contributed by atoms with Gasteiger partial charge in [0.25, 0.3) is 0 Å². The molecule has 108 valence electrons. The van der Waals surface area contributed by atoms with Crippen molar-refractivity contribution in [3.63, 3.8) is 0 Å². The Labute approximate surface area is 121 Å². The van der Waals surface area contributed by atoms with Gasteiger partial charge < -0.3 is 15.4 Å². The van der Waals surface area contributed by atoms with Gasteiger partial charge >= 0.3 is 0 Å². The maximum absolute atomic E-state index is 12.0. The Balaban J connectivity index is 0.00000324. The number of nitrogens with two attached hydrogens (primary N) is 1. The van der Waals surface area contributed by atoms with Crippen LogP contribution in [0.2, 0.25) is 0 Å². The lowest BCUT2D eigenvalue weighted by Crippen LogP contribution is -2.44. The standard InChI is InChI=1S/C14H22N2O2.ClH/c1-10(2)13(15)14(17)16(3)9-11-5-7-12(18-4)8-6-11;/h5-8,10,13H,9,15H2,1-4H3;1H. The largest absolute Gasteiger partial charge is 0.497 e. The summed E-state index contributed by atoms with van der Waals surface area (Å²) in [5.41, 5.74) is 6.91. The number of methoxy groups -OCH3 is 1. The van der Waals surface area contributed by atoms with Gasteiger partial charge in [0.15, 0.2) is 0 Å². The van der Waals surface area contributed by atoms with Crippen LogP contribution < -0.4 is 10.5 Å². The van der Waals surface area contributed by atoms with E-state index in [9.17, 15) is 4.79 Å². The summed E-state index contributed by atoms with van der Waals surface area (Å²) < 4.78 is 5.09. The number of carbonyl (C=O) groups is 1. The molecule has 0 radical (unpaired) electrons. The van der Waals surface area contributed by atoms with Crippen molar-refractivity contribution in [1.29, 1.82) is 0 Å². The van der Waals surface area contributed by atoms with E-state index in [1.165, 1.54) is 0 Å². The van der Waals surface area contributed by atoms with Crippen molar-refractivity contribution in [3.05, 3.63) is 29.8 Å². The summed E-state index contributed by atoms with van der Waals surface area (Å²) in [6.07, 6.45) is 0. The first-order chi connectivity index (χ1) is 8.45. The molecule has 0 fully saturated rings. The summed E-state index contributed by atoms with van der Waals surface area (Å²) in [6, 6.07) is 7.23. The molecule has 1 rings (SSSR count). The average Bonchev–Trinajstić information content (AvgIpc) is 2.37. The Morgan fingerprint density at radius 3 is 2.26 bits per heavy atom. The van der Waals surface area contributed by atoms with Crippen LogP contribution >= 0.6 is 12.4 Å². The highest BCUT2D eigenvalue weighted by Crippen LogP contribution is 2.13. The first-order valence-corrected chi connectivity index (χ1v) is 6.09. The molecule has 5 heteroatoms. The monoisotopic (exact) mass is 286 g/mol. The minimum atomic E-state index is -0.437. The number of rotatable bonds is 5. The minimum Gasteiger partial charge on any atom is -0.497 e. The molecule has 2 N–H and O–H groups in total. The van der Waals surface area contributed by atoms with Crippen molar-refractivity contribution in [1.82, 2.24) is 4.90 Å². The fourth-order valence-corrected chi connectivity index (χ4v) is 1.62. The normalized spacial score (nSPS) is 11.7. The first-order valence-electron chi connectivity index (χ1n) is 6.09. The SMILES string of the molecule is COc1ccc(CN(C)C(=O)C(N)C(C)C)cc1.Cl. The summed E-state index contributed by atoms with van der Waals surface area (Å²) in [5, 5.41) is 0. The maximum Gasteiger partial charge on any atom is 0.239 e. The van der Waals surface area contributed by atoms with Crippen LogP contribution in [0.4, 0.5) is 0 Å². The zero-order valence-electron chi connectivity index (χ0n) is 11.9. The highest BCUT2D eigenvalue weighted by Gasteiger charge is 2.20. The van der Waals surface area contributed by atoms with Crippen molar-refractivity contribution >= 4 is 18.3 Å². The third kappa shape index (κ3) is 5.09. The maximum atomic E-state index is 12.0. The first kappa shape index (κ1) is 17.7. The van der Waals surface area contributed by atoms with Crippen LogP contribution in [0.3, 0.4) is 0 Å². The molecule has 0 spiro atoms. The van der Waals surface area contributed by atoms with Crippen molar-refractivity contribution in [2.24, 2.45) is 11.7 Å². The van der Waals surface area contributed by atoms with E-state index in [2.05, 4.69) is 0 Å². The summed E-state index contributed by atoms with van der Waals surface area (Å²) in [5.74, 6) is 0.934. The summed E-state index contributed by atoms with van der Waals surface area (Å²) in [6.45, 7) is 4.46. The Morgan fingerprint density at radius 1 is 1.32 bits per heavy atom. The third-order valence-corrected chi connectivity index (χ3v) is 2.96. The molecule has 1 amide bonds. The van der Waals surface area contributed by atoms with E-state index in [0.29, 0.717) is 6.54 Å². The van der Waals surface area contributed by atoms with Gasteiger partial charge in [-0.25, -0.2) is 0 Å². The number of ether oxygens (including phenoxy) is 1. The van der Waals surface area contributed by atoms with E-state index >= 15 is 0 Å². The van der Waals surface area contributed by atoms with Crippen LogP contribution in [0.1, 0.15) is 19.4 Å². The second kappa shape index (κ2) is 8.02. The van der Waals surface area contributed by atoms with Gasteiger partial charge in [0.2, 0.25) is 5.91 Å². The van der Waals surface area contributed by atoms with Crippen LogP contribution in [0.15, 0.2) is 24.3 Å². The smallest absolute Gasteiger partial charge is 0.239 e. The molecule has 0 aliphatic carbocycles. The third-order valence-electron chi connectivity index (χ3n) is 2.96. The lowest BCUT2D eigenvalue weighted by molar-refractivity contribution is -0.132. The van der Waals surface area contributed by atoms with E-state index in [4.69, 9.17) is 10.5 Å². The lowest BCUT2D eigenvalue weighted by atomic mass is 10.0. The zero-order chi connectivity index (χ0) is 13.7. The fraction of sp³-hybridized carbons (Fsp3) is 0.500. The summed E-state index contributed by atoms with van der Waals surface area (Å²) >= 11 is 0. The number of hydrogen-bond acceptors (Lipinski definition) is 3. The molecule has 0 saturated heterocycles. The topological polar surface area (TPSA) is 55.6 Å². The van der Waals surface area contributed by atoms with Gasteiger partial charge in [0, 0.05) is 13.6 Å². The molecule has 0 aromatic heterocycles. The van der Waals surface area contributed by atoms with Gasteiger partial charge in [-0.05, 0) is 23.6 Å². The Morgan fingerprint density at radius 2 is 1.84 bits per heavy atom. The lowest BCUT2D eigenvalue weighted by Gasteiger charge is -2.23. The van der Waals surface area contributed by atoms with E-state index in [-0.39, 0.29) is 24.2 Å². The summed E-state index contributed by atoms with van der Waals surface area (Å²) in [7, 11) is 3.40. The van der Waals surface area contributed by atoms with Crippen molar-refractivity contribution in [2.45, 2.75) is 26.4 Å². The Hall–Kier alpha value is -1.26. The molecule has 1 aromatic rings. The van der Waals surface area contributed by atoms with Crippen molar-refractivity contribution in [2.75, 3.05) is 14.2 Å². The number of amides is 1. The van der Waals surface area contributed by atoms with E-state index in [1.807, 2.05) is 38.1 Å². The molecule has 0 aliphatic rings. The number of likely N-dealkylation sites (N-methyl/N-ethyl adjacent to an activating group) is 1. The highest BCUT2D eigenvalue weighted by atomic mass is 35.5. The predicted octanol–water partition coefficient (Wildman–Crippen LogP) is 2.06. The number of nitrogens with zero attached hydrogens (tertiary/aromatic N) is 1. The van der Waals surface area contributed by atoms with Gasteiger partial charge in [-0.1, -0.05) is 26.0 Å². The molecular weight excluding hydrogens is 264 g/mol. The van der Waals surface area contributed by atoms with E-state index in [1.54, 1.807) is 19.1 Å². The number of halogens is 1. The van der Waals surface area contributed by atoms with E-state index < -0.39 is 6.04 Å². The van der Waals surface area contributed by atoms with Gasteiger partial charge in [-0.3, -0.25) is 4.79 Å². The summed E-state index contributed by atoms with van der Waals surface area (Å²) in [4.78, 5) is 13.6. The molecule has 0 bridgehead atoms. The van der Waals surface area contributed by atoms with Crippen LogP contribution in [-0.2, 0) is 11.3 Å². The highest BCUT2D eigenvalue weighted by molar-refractivity contribution is 5.85. The van der Waals surface area contributed by atoms with Crippen molar-refractivity contribution < 1.29 is 9.53 Å². The van der Waals surface area contributed by atoms with Gasteiger partial charge in [0.1, 0.15) is 5.75 Å². The molecule has 1 aromatic carbocycles. The predicted molar refractivity (Wildman–Crippen MR) is 79.5 cm³/mol. The van der Waals surface area contributed by atoms with Gasteiger partial charge in [-0.15, -0.1) is 12.4 Å². The van der Waals surface area contributed by atoms with Crippen LogP contribution in [0.25, 0.3) is 0 Å². The molecule has 0 heterocycles. The second-order valence-corrected chi connectivity index (χ2v) is 4.81. The zero-order valence-corrected chi connectivity index (χ0v) is 12.7. The van der Waals surface area contributed by atoms with Crippen LogP contribution in [0, 0.1) is 5.92 Å². The number of benzene rings is 1. The number of carbonyl (C=O) groups excluding carboxylic acids is 1. The molecule has 0 aliphatic heterocycles. The minimum absolute atomic E-state index is 0. The molecule has 19 heavy (non-hydrogen) atoms. The molecule has 4 nitrogen and oxygen atoms in total. The van der Waals surface area contributed by atoms with E-state index in [0.717, 1.165) is 11.3 Å². The molecule has 1 atom stereocenters. The average molecular weight is 287 g/mol.